The highest BCUT2D eigenvalue weighted by atomic mass is 19.1. The van der Waals surface area contributed by atoms with Gasteiger partial charge in [-0.2, -0.15) is 0 Å². The van der Waals surface area contributed by atoms with Crippen LogP contribution in [0.1, 0.15) is 47.2 Å². The second-order valence-corrected chi connectivity index (χ2v) is 7.44. The number of amides is 1. The number of rotatable bonds is 6. The fourth-order valence-corrected chi connectivity index (χ4v) is 3.82. The highest BCUT2D eigenvalue weighted by molar-refractivity contribution is 5.97. The van der Waals surface area contributed by atoms with Crippen molar-refractivity contribution in [3.05, 3.63) is 65.0 Å². The first-order valence-corrected chi connectivity index (χ1v) is 9.78. The van der Waals surface area contributed by atoms with E-state index in [1.54, 1.807) is 31.2 Å². The summed E-state index contributed by atoms with van der Waals surface area (Å²) in [4.78, 5) is 37.0. The molecule has 1 saturated carbocycles. The smallest absolute Gasteiger partial charge is 0.337 e. The SMILES string of the molecule is COC(=O)c1ccc(C)c(NC(=O)COC(=O)C2(c3ccc(F)cc3)CCCC2)c1. The van der Waals surface area contributed by atoms with Crippen LogP contribution in [0.25, 0.3) is 0 Å². The van der Waals surface area contributed by atoms with Gasteiger partial charge >= 0.3 is 11.9 Å². The Labute approximate surface area is 174 Å². The van der Waals surface area contributed by atoms with E-state index in [0.717, 1.165) is 18.4 Å². The van der Waals surface area contributed by atoms with Crippen LogP contribution in [0.5, 0.6) is 0 Å². The van der Waals surface area contributed by atoms with Crippen LogP contribution in [-0.2, 0) is 24.5 Å². The van der Waals surface area contributed by atoms with E-state index in [1.807, 2.05) is 0 Å². The summed E-state index contributed by atoms with van der Waals surface area (Å²) in [5, 5.41) is 2.66. The maximum absolute atomic E-state index is 13.3. The molecule has 1 aliphatic rings. The Morgan fingerprint density at radius 2 is 1.73 bits per heavy atom. The zero-order valence-electron chi connectivity index (χ0n) is 17.0. The lowest BCUT2D eigenvalue weighted by Crippen LogP contribution is -2.36. The fourth-order valence-electron chi connectivity index (χ4n) is 3.82. The number of carbonyl (C=O) groups excluding carboxylic acids is 3. The normalized spacial score (nSPS) is 14.8. The number of aryl methyl sites for hydroxylation is 1. The Kier molecular flexibility index (Phi) is 6.50. The molecule has 7 heteroatoms. The quantitative estimate of drug-likeness (QED) is 0.726. The van der Waals surface area contributed by atoms with Gasteiger partial charge in [-0.05, 0) is 55.2 Å². The molecule has 0 aliphatic heterocycles. The summed E-state index contributed by atoms with van der Waals surface area (Å²) in [7, 11) is 1.28. The maximum atomic E-state index is 13.3. The van der Waals surface area contributed by atoms with E-state index >= 15 is 0 Å². The summed E-state index contributed by atoms with van der Waals surface area (Å²) >= 11 is 0. The van der Waals surface area contributed by atoms with E-state index in [4.69, 9.17) is 4.74 Å². The number of ether oxygens (including phenoxy) is 2. The third-order valence-corrected chi connectivity index (χ3v) is 5.51. The zero-order chi connectivity index (χ0) is 21.7. The Morgan fingerprint density at radius 3 is 2.37 bits per heavy atom. The van der Waals surface area contributed by atoms with Crippen LogP contribution in [0.3, 0.4) is 0 Å². The van der Waals surface area contributed by atoms with Crippen LogP contribution >= 0.6 is 0 Å². The molecule has 158 valence electrons. The molecular weight excluding hydrogens is 389 g/mol. The molecule has 0 bridgehead atoms. The average molecular weight is 413 g/mol. The molecule has 0 heterocycles. The number of methoxy groups -OCH3 is 1. The summed E-state index contributed by atoms with van der Waals surface area (Å²) in [5.41, 5.74) is 1.34. The van der Waals surface area contributed by atoms with Gasteiger partial charge in [0.15, 0.2) is 6.61 Å². The summed E-state index contributed by atoms with van der Waals surface area (Å²) in [6, 6.07) is 10.7. The Balaban J connectivity index is 1.67. The number of carbonyl (C=O) groups is 3. The molecule has 0 unspecified atom stereocenters. The minimum absolute atomic E-state index is 0.302. The first kappa shape index (κ1) is 21.5. The lowest BCUT2D eigenvalue weighted by atomic mass is 9.79. The Hall–Kier alpha value is -3.22. The number of esters is 2. The van der Waals surface area contributed by atoms with Crippen LogP contribution in [0, 0.1) is 12.7 Å². The third kappa shape index (κ3) is 4.50. The zero-order valence-corrected chi connectivity index (χ0v) is 17.0. The van der Waals surface area contributed by atoms with E-state index in [2.05, 4.69) is 10.1 Å². The lowest BCUT2D eigenvalue weighted by Gasteiger charge is -2.27. The fraction of sp³-hybridized carbons (Fsp3) is 0.348. The first-order chi connectivity index (χ1) is 14.4. The monoisotopic (exact) mass is 413 g/mol. The van der Waals surface area contributed by atoms with Crippen molar-refractivity contribution in [2.24, 2.45) is 0 Å². The molecule has 0 atom stereocenters. The molecule has 2 aromatic carbocycles. The Bertz CT molecular complexity index is 949. The first-order valence-electron chi connectivity index (χ1n) is 9.78. The van der Waals surface area contributed by atoms with Crippen molar-refractivity contribution in [2.75, 3.05) is 19.0 Å². The summed E-state index contributed by atoms with van der Waals surface area (Å²) < 4.78 is 23.3. The summed E-state index contributed by atoms with van der Waals surface area (Å²) in [5.74, 6) is -1.88. The highest BCUT2D eigenvalue weighted by Crippen LogP contribution is 2.42. The number of anilines is 1. The second-order valence-electron chi connectivity index (χ2n) is 7.44. The topological polar surface area (TPSA) is 81.7 Å². The van der Waals surface area contributed by atoms with Gasteiger partial charge in [-0.15, -0.1) is 0 Å². The van der Waals surface area contributed by atoms with Crippen molar-refractivity contribution in [3.8, 4) is 0 Å². The predicted octanol–water partition coefficient (Wildman–Crippen LogP) is 3.91. The molecule has 0 aromatic heterocycles. The molecule has 0 spiro atoms. The minimum Gasteiger partial charge on any atom is -0.465 e. The standard InChI is InChI=1S/C23H24FNO5/c1-15-5-6-16(21(27)29-2)13-19(15)25-20(26)14-30-22(28)23(11-3-4-12-23)17-7-9-18(24)10-8-17/h5-10,13H,3-4,11-12,14H2,1-2H3,(H,25,26). The van der Waals surface area contributed by atoms with Gasteiger partial charge in [0, 0.05) is 5.69 Å². The van der Waals surface area contributed by atoms with Crippen LogP contribution in [0.15, 0.2) is 42.5 Å². The second kappa shape index (κ2) is 9.07. The molecular formula is C23H24FNO5. The van der Waals surface area contributed by atoms with Gasteiger partial charge in [0.05, 0.1) is 18.1 Å². The Morgan fingerprint density at radius 1 is 1.07 bits per heavy atom. The highest BCUT2D eigenvalue weighted by Gasteiger charge is 2.44. The summed E-state index contributed by atoms with van der Waals surface area (Å²) in [6.07, 6.45) is 2.91. The molecule has 1 fully saturated rings. The molecule has 1 amide bonds. The van der Waals surface area contributed by atoms with Gasteiger partial charge in [0.2, 0.25) is 0 Å². The molecule has 2 aromatic rings. The number of nitrogens with one attached hydrogen (secondary N) is 1. The third-order valence-electron chi connectivity index (χ3n) is 5.51. The van der Waals surface area contributed by atoms with Gasteiger partial charge < -0.3 is 14.8 Å². The van der Waals surface area contributed by atoms with Crippen molar-refractivity contribution >= 4 is 23.5 Å². The number of benzene rings is 2. The van der Waals surface area contributed by atoms with Gasteiger partial charge in [-0.1, -0.05) is 31.0 Å². The van der Waals surface area contributed by atoms with Gasteiger partial charge in [-0.3, -0.25) is 9.59 Å². The van der Waals surface area contributed by atoms with E-state index in [1.165, 1.54) is 25.3 Å². The minimum atomic E-state index is -0.852. The van der Waals surface area contributed by atoms with Crippen molar-refractivity contribution in [1.29, 1.82) is 0 Å². The van der Waals surface area contributed by atoms with Crippen molar-refractivity contribution in [1.82, 2.24) is 0 Å². The molecule has 0 radical (unpaired) electrons. The molecule has 30 heavy (non-hydrogen) atoms. The van der Waals surface area contributed by atoms with Crippen LogP contribution in [0.4, 0.5) is 10.1 Å². The average Bonchev–Trinajstić information content (AvgIpc) is 3.24. The van der Waals surface area contributed by atoms with E-state index in [9.17, 15) is 18.8 Å². The van der Waals surface area contributed by atoms with E-state index < -0.39 is 29.9 Å². The van der Waals surface area contributed by atoms with Gasteiger partial charge in [0.1, 0.15) is 5.82 Å². The molecule has 6 nitrogen and oxygen atoms in total. The van der Waals surface area contributed by atoms with Crippen molar-refractivity contribution in [2.45, 2.75) is 38.0 Å². The maximum Gasteiger partial charge on any atom is 0.337 e. The number of hydrogen-bond acceptors (Lipinski definition) is 5. The predicted molar refractivity (Wildman–Crippen MR) is 109 cm³/mol. The molecule has 3 rings (SSSR count). The largest absolute Gasteiger partial charge is 0.465 e. The van der Waals surface area contributed by atoms with Crippen molar-refractivity contribution in [3.63, 3.8) is 0 Å². The lowest BCUT2D eigenvalue weighted by molar-refractivity contribution is -0.153. The molecule has 1 N–H and O–H groups in total. The van der Waals surface area contributed by atoms with Crippen LogP contribution in [0.2, 0.25) is 0 Å². The van der Waals surface area contributed by atoms with E-state index in [0.29, 0.717) is 29.7 Å². The number of hydrogen-bond donors (Lipinski definition) is 1. The summed E-state index contributed by atoms with van der Waals surface area (Å²) in [6.45, 7) is 1.33. The van der Waals surface area contributed by atoms with E-state index in [-0.39, 0.29) is 5.82 Å². The van der Waals surface area contributed by atoms with Crippen molar-refractivity contribution < 1.29 is 28.2 Å². The molecule has 0 saturated heterocycles. The van der Waals surface area contributed by atoms with Gasteiger partial charge in [-0.25, -0.2) is 9.18 Å². The van der Waals surface area contributed by atoms with Crippen LogP contribution < -0.4 is 5.32 Å². The van der Waals surface area contributed by atoms with Gasteiger partial charge in [0.25, 0.3) is 5.91 Å². The number of halogens is 1. The molecule has 1 aliphatic carbocycles. The van der Waals surface area contributed by atoms with Crippen LogP contribution in [-0.4, -0.2) is 31.6 Å².